The van der Waals surface area contributed by atoms with Crippen LogP contribution in [0, 0.1) is 5.92 Å². The van der Waals surface area contributed by atoms with Crippen molar-refractivity contribution in [1.29, 1.82) is 0 Å². The van der Waals surface area contributed by atoms with Crippen molar-refractivity contribution in [2.45, 2.75) is 19.1 Å². The molecule has 0 aromatic heterocycles. The van der Waals surface area contributed by atoms with E-state index in [0.717, 1.165) is 25.9 Å². The summed E-state index contributed by atoms with van der Waals surface area (Å²) in [6, 6.07) is 0. The van der Waals surface area contributed by atoms with Crippen LogP contribution in [0.3, 0.4) is 0 Å². The van der Waals surface area contributed by atoms with Gasteiger partial charge in [-0.05, 0) is 12.8 Å². The Labute approximate surface area is 70.6 Å². The van der Waals surface area contributed by atoms with Gasteiger partial charge in [-0.3, -0.25) is 9.42 Å². The second kappa shape index (κ2) is 2.79. The van der Waals surface area contributed by atoms with Crippen LogP contribution in [-0.2, 0) is 9.09 Å². The van der Waals surface area contributed by atoms with Gasteiger partial charge in [0, 0.05) is 19.0 Å². The Morgan fingerprint density at radius 1 is 1.33 bits per heavy atom. The van der Waals surface area contributed by atoms with Gasteiger partial charge in [-0.15, -0.1) is 0 Å². The number of hydrogen-bond donors (Lipinski definition) is 2. The number of fused-ring (bicyclic) bond motifs is 2. The molecule has 2 fully saturated rings. The molecule has 0 aromatic carbocycles. The highest BCUT2D eigenvalue weighted by molar-refractivity contribution is 7.46. The van der Waals surface area contributed by atoms with E-state index in [0.29, 0.717) is 5.92 Å². The maximum atomic E-state index is 10.6. The molecule has 2 bridgehead atoms. The zero-order valence-electron chi connectivity index (χ0n) is 6.59. The fraction of sp³-hybridized carbons (Fsp3) is 1.00. The number of piperidine rings is 1. The van der Waals surface area contributed by atoms with Gasteiger partial charge in [0.05, 0.1) is 0 Å². The number of phosphoric ester groups is 1. The third kappa shape index (κ3) is 1.56. The molecule has 1 atom stereocenters. The van der Waals surface area contributed by atoms with E-state index in [9.17, 15) is 4.57 Å². The molecule has 2 heterocycles. The van der Waals surface area contributed by atoms with Crippen LogP contribution in [0.25, 0.3) is 0 Å². The predicted molar refractivity (Wildman–Crippen MR) is 41.2 cm³/mol. The second-order valence-electron chi connectivity index (χ2n) is 3.36. The maximum absolute atomic E-state index is 10.6. The molecule has 0 aromatic rings. The molecule has 6 heteroatoms. The van der Waals surface area contributed by atoms with Crippen LogP contribution in [0.5, 0.6) is 0 Å². The molecule has 0 amide bonds. The zero-order valence-corrected chi connectivity index (χ0v) is 7.48. The van der Waals surface area contributed by atoms with Gasteiger partial charge in [-0.25, -0.2) is 4.57 Å². The molecule has 12 heavy (non-hydrogen) atoms. The molecule has 2 rings (SSSR count). The van der Waals surface area contributed by atoms with Crippen molar-refractivity contribution in [1.82, 2.24) is 4.90 Å². The minimum atomic E-state index is -4.29. The van der Waals surface area contributed by atoms with Crippen LogP contribution in [-0.4, -0.2) is 34.0 Å². The quantitative estimate of drug-likeness (QED) is 0.611. The Kier molecular flexibility index (Phi) is 2.01. The van der Waals surface area contributed by atoms with Crippen molar-refractivity contribution in [2.75, 3.05) is 13.1 Å². The molecule has 70 valence electrons. The summed E-state index contributed by atoms with van der Waals surface area (Å²) in [5.41, 5.74) is 0. The van der Waals surface area contributed by atoms with Crippen LogP contribution < -0.4 is 0 Å². The first-order chi connectivity index (χ1) is 5.56. The minimum Gasteiger partial charge on any atom is -0.303 e. The molecule has 2 saturated heterocycles. The molecule has 0 spiro atoms. The average molecular weight is 193 g/mol. The van der Waals surface area contributed by atoms with Gasteiger partial charge in [-0.2, -0.15) is 0 Å². The first-order valence-corrected chi connectivity index (χ1v) is 5.57. The number of rotatable bonds is 2. The molecule has 0 radical (unpaired) electrons. The molecule has 0 aliphatic carbocycles. The summed E-state index contributed by atoms with van der Waals surface area (Å²) in [5, 5.41) is 0. The lowest BCUT2D eigenvalue weighted by Gasteiger charge is -2.19. The van der Waals surface area contributed by atoms with Gasteiger partial charge in [0.2, 0.25) is 0 Å². The van der Waals surface area contributed by atoms with Gasteiger partial charge in [0.25, 0.3) is 0 Å². The van der Waals surface area contributed by atoms with E-state index in [-0.39, 0.29) is 6.23 Å². The lowest BCUT2D eigenvalue weighted by molar-refractivity contribution is 0.0441. The van der Waals surface area contributed by atoms with Crippen LogP contribution in [0.2, 0.25) is 0 Å². The highest BCUT2D eigenvalue weighted by Gasteiger charge is 2.43. The topological polar surface area (TPSA) is 70.0 Å². The highest BCUT2D eigenvalue weighted by atomic mass is 31.2. The monoisotopic (exact) mass is 193 g/mol. The lowest BCUT2D eigenvalue weighted by atomic mass is 10.1. The largest absolute Gasteiger partial charge is 0.471 e. The van der Waals surface area contributed by atoms with Crippen LogP contribution in [0.1, 0.15) is 12.8 Å². The molecular formula is C6H12NO4P. The zero-order chi connectivity index (χ0) is 8.77. The van der Waals surface area contributed by atoms with Gasteiger partial charge >= 0.3 is 7.82 Å². The molecule has 2 aliphatic heterocycles. The Morgan fingerprint density at radius 2 is 1.92 bits per heavy atom. The van der Waals surface area contributed by atoms with E-state index in [1.165, 1.54) is 0 Å². The molecule has 2 N–H and O–H groups in total. The summed E-state index contributed by atoms with van der Waals surface area (Å²) in [6.07, 6.45) is 1.68. The Morgan fingerprint density at radius 3 is 2.25 bits per heavy atom. The molecule has 2 aliphatic rings. The van der Waals surface area contributed by atoms with Crippen LogP contribution in [0.15, 0.2) is 0 Å². The standard InChI is InChI=1S/C6H12NO4P/c8-12(9,10)11-6-5-1-3-7(6)4-2-5/h5-6H,1-4H2,(H2,8,9,10). The van der Waals surface area contributed by atoms with Gasteiger partial charge in [0.1, 0.15) is 6.23 Å². The van der Waals surface area contributed by atoms with E-state index < -0.39 is 7.82 Å². The average Bonchev–Trinajstić information content (AvgIpc) is 2.46. The maximum Gasteiger partial charge on any atom is 0.471 e. The summed E-state index contributed by atoms with van der Waals surface area (Å²) in [4.78, 5) is 19.2. The van der Waals surface area contributed by atoms with E-state index >= 15 is 0 Å². The number of phosphoric acid groups is 1. The first kappa shape index (κ1) is 8.66. The Hall–Kier alpha value is 0.0700. The predicted octanol–water partition coefficient (Wildman–Crippen LogP) is 0.147. The number of hydrogen-bond acceptors (Lipinski definition) is 3. The Balaban J connectivity index is 2.02. The summed E-state index contributed by atoms with van der Waals surface area (Å²) >= 11 is 0. The lowest BCUT2D eigenvalue weighted by Crippen LogP contribution is -2.27. The third-order valence-electron chi connectivity index (χ3n) is 2.58. The first-order valence-electron chi connectivity index (χ1n) is 4.04. The van der Waals surface area contributed by atoms with Crippen molar-refractivity contribution in [3.8, 4) is 0 Å². The van der Waals surface area contributed by atoms with Crippen LogP contribution in [0.4, 0.5) is 0 Å². The number of nitrogens with zero attached hydrogens (tertiary/aromatic N) is 1. The summed E-state index contributed by atoms with van der Waals surface area (Å²) < 4.78 is 15.2. The van der Waals surface area contributed by atoms with Crippen molar-refractivity contribution >= 4 is 7.82 Å². The van der Waals surface area contributed by atoms with E-state index in [4.69, 9.17) is 9.79 Å². The summed E-state index contributed by atoms with van der Waals surface area (Å²) in [6.45, 7) is 1.82. The fourth-order valence-electron chi connectivity index (χ4n) is 2.05. The summed E-state index contributed by atoms with van der Waals surface area (Å²) in [7, 11) is -4.29. The SMILES string of the molecule is O=P(O)(O)OC1C2CCN1CC2. The second-order valence-corrected chi connectivity index (χ2v) is 4.55. The molecule has 0 saturated carbocycles. The normalized spacial score (nSPS) is 40.7. The van der Waals surface area contributed by atoms with Crippen molar-refractivity contribution in [3.63, 3.8) is 0 Å². The third-order valence-corrected chi connectivity index (χ3v) is 3.07. The smallest absolute Gasteiger partial charge is 0.303 e. The van der Waals surface area contributed by atoms with Crippen molar-refractivity contribution < 1.29 is 18.9 Å². The summed E-state index contributed by atoms with van der Waals surface area (Å²) in [5.74, 6) is 0.331. The minimum absolute atomic E-state index is 0.328. The van der Waals surface area contributed by atoms with Gasteiger partial charge in [0.15, 0.2) is 0 Å². The molecule has 1 unspecified atom stereocenters. The van der Waals surface area contributed by atoms with Crippen molar-refractivity contribution in [2.24, 2.45) is 5.92 Å². The molecular weight excluding hydrogens is 181 g/mol. The van der Waals surface area contributed by atoms with Crippen LogP contribution >= 0.6 is 7.82 Å². The van der Waals surface area contributed by atoms with Gasteiger partial charge < -0.3 is 9.79 Å². The molecule has 5 nitrogen and oxygen atoms in total. The highest BCUT2D eigenvalue weighted by Crippen LogP contribution is 2.45. The van der Waals surface area contributed by atoms with Crippen molar-refractivity contribution in [3.05, 3.63) is 0 Å². The fourth-order valence-corrected chi connectivity index (χ4v) is 2.64. The van der Waals surface area contributed by atoms with Gasteiger partial charge in [-0.1, -0.05) is 0 Å². The van der Waals surface area contributed by atoms with E-state index in [1.54, 1.807) is 0 Å². The Bertz CT molecular complexity index is 208. The van der Waals surface area contributed by atoms with E-state index in [2.05, 4.69) is 4.52 Å². The van der Waals surface area contributed by atoms with E-state index in [1.807, 2.05) is 4.90 Å².